The van der Waals surface area contributed by atoms with Gasteiger partial charge in [-0.05, 0) is 54.8 Å². The minimum atomic E-state index is -4.92. The highest BCUT2D eigenvalue weighted by molar-refractivity contribution is 7.92. The van der Waals surface area contributed by atoms with Gasteiger partial charge >= 0.3 is 6.18 Å². The molecule has 1 amide bonds. The van der Waals surface area contributed by atoms with Gasteiger partial charge in [0.15, 0.2) is 0 Å². The van der Waals surface area contributed by atoms with Gasteiger partial charge in [0, 0.05) is 41.2 Å². The molecule has 9 nitrogen and oxygen atoms in total. The normalized spacial score (nSPS) is 18.8. The molecule has 5 rings (SSSR count). The topological polar surface area (TPSA) is 124 Å². The van der Waals surface area contributed by atoms with Crippen molar-refractivity contribution >= 4 is 38.7 Å². The minimum Gasteiger partial charge on any atom is -0.394 e. The lowest BCUT2D eigenvalue weighted by Crippen LogP contribution is -2.50. The van der Waals surface area contributed by atoms with Crippen molar-refractivity contribution in [1.29, 1.82) is 0 Å². The summed E-state index contributed by atoms with van der Waals surface area (Å²) in [4.78, 5) is 17.2. The number of carbonyl (C=O) groups excluding carboxylic acids is 1. The maximum absolute atomic E-state index is 13.7. The molecule has 2 aromatic carbocycles. The first kappa shape index (κ1) is 28.9. The van der Waals surface area contributed by atoms with Crippen molar-refractivity contribution in [2.45, 2.75) is 37.2 Å². The number of amides is 1. The lowest BCUT2D eigenvalue weighted by atomic mass is 9.89. The van der Waals surface area contributed by atoms with E-state index in [1.54, 1.807) is 29.0 Å². The lowest BCUT2D eigenvalue weighted by Gasteiger charge is -2.34. The van der Waals surface area contributed by atoms with Crippen molar-refractivity contribution in [1.82, 2.24) is 14.2 Å². The first-order valence-electron chi connectivity index (χ1n) is 12.7. The molecule has 1 spiro atoms. The van der Waals surface area contributed by atoms with E-state index >= 15 is 0 Å². The zero-order chi connectivity index (χ0) is 29.6. The van der Waals surface area contributed by atoms with Crippen molar-refractivity contribution < 1.29 is 41.0 Å². The Labute approximate surface area is 232 Å². The summed E-state index contributed by atoms with van der Waals surface area (Å²) in [6.07, 6.45) is -2.66. The van der Waals surface area contributed by atoms with E-state index in [1.807, 2.05) is 6.07 Å². The Morgan fingerprint density at radius 1 is 1.15 bits per heavy atom. The first-order chi connectivity index (χ1) is 19.3. The largest absolute Gasteiger partial charge is 0.419 e. The van der Waals surface area contributed by atoms with Gasteiger partial charge in [-0.3, -0.25) is 9.79 Å². The van der Waals surface area contributed by atoms with Gasteiger partial charge in [0.1, 0.15) is 17.2 Å². The summed E-state index contributed by atoms with van der Waals surface area (Å²) in [5.41, 5.74) is -1.54. The molecule has 218 valence electrons. The number of hydrogen-bond acceptors (Lipinski definition) is 6. The molecular weight excluding hydrogens is 568 g/mol. The zero-order valence-corrected chi connectivity index (χ0v) is 22.3. The highest BCUT2D eigenvalue weighted by Gasteiger charge is 2.47. The molecule has 0 radical (unpaired) electrons. The number of benzene rings is 2. The number of piperidine rings is 1. The standard InChI is InChI=1S/C27H26F4N4O5S/c28-22-5-4-18(14-21(22)27(29,30)31)24-32-25(38)26(33-24)8-11-35(12-9-26)41(39,40)13-7-17-2-1-3-23-20(17)6-10-34(23)15-19(37)16-36/h1-7,10,13-14,19,36-37H,8-9,11-12,15-16H2,(H,32,33,38)/b13-7+/t19-/m0/s1. The molecule has 1 atom stereocenters. The minimum absolute atomic E-state index is 0.00828. The third-order valence-corrected chi connectivity index (χ3v) is 8.89. The fourth-order valence-electron chi connectivity index (χ4n) is 5.07. The van der Waals surface area contributed by atoms with E-state index in [1.165, 1.54) is 10.4 Å². The Morgan fingerprint density at radius 2 is 1.88 bits per heavy atom. The van der Waals surface area contributed by atoms with Crippen LogP contribution in [0.5, 0.6) is 0 Å². The number of carbonyl (C=O) groups is 1. The second-order valence-corrected chi connectivity index (χ2v) is 11.8. The first-order valence-corrected chi connectivity index (χ1v) is 14.2. The van der Waals surface area contributed by atoms with E-state index in [0.29, 0.717) is 17.7 Å². The maximum atomic E-state index is 13.7. The van der Waals surface area contributed by atoms with Crippen LogP contribution in [0.3, 0.4) is 0 Å². The Hall–Kier alpha value is -3.59. The Morgan fingerprint density at radius 3 is 2.56 bits per heavy atom. The maximum Gasteiger partial charge on any atom is 0.419 e. The molecule has 14 heteroatoms. The molecule has 2 aliphatic rings. The van der Waals surface area contributed by atoms with Crippen molar-refractivity contribution in [3.8, 4) is 0 Å². The molecular formula is C27H26F4N4O5S. The van der Waals surface area contributed by atoms with E-state index in [-0.39, 0.29) is 43.9 Å². The van der Waals surface area contributed by atoms with Crippen molar-refractivity contribution in [2.24, 2.45) is 4.99 Å². The van der Waals surface area contributed by atoms with Crippen molar-refractivity contribution in [3.05, 3.63) is 76.6 Å². The summed E-state index contributed by atoms with van der Waals surface area (Å²) in [6, 6.07) is 9.42. The number of nitrogens with one attached hydrogen (secondary N) is 1. The van der Waals surface area contributed by atoms with Gasteiger partial charge < -0.3 is 20.1 Å². The number of halogens is 4. The van der Waals surface area contributed by atoms with Gasteiger partial charge in [0.05, 0.1) is 24.8 Å². The molecule has 3 aromatic rings. The van der Waals surface area contributed by atoms with Crippen LogP contribution in [-0.2, 0) is 27.5 Å². The summed E-state index contributed by atoms with van der Waals surface area (Å²) in [5.74, 6) is -2.12. The number of amidine groups is 1. The predicted octanol–water partition coefficient (Wildman–Crippen LogP) is 2.86. The summed E-state index contributed by atoms with van der Waals surface area (Å²) < 4.78 is 82.3. The highest BCUT2D eigenvalue weighted by atomic mass is 32.2. The fourth-order valence-corrected chi connectivity index (χ4v) is 6.26. The lowest BCUT2D eigenvalue weighted by molar-refractivity contribution is -0.140. The highest BCUT2D eigenvalue weighted by Crippen LogP contribution is 2.35. The molecule has 0 bridgehead atoms. The fraction of sp³-hybridized carbons (Fsp3) is 0.333. The second-order valence-electron chi connectivity index (χ2n) is 9.97. The van der Waals surface area contributed by atoms with E-state index < -0.39 is 51.7 Å². The van der Waals surface area contributed by atoms with Crippen LogP contribution in [-0.4, -0.2) is 70.6 Å². The van der Waals surface area contributed by atoms with Crippen LogP contribution < -0.4 is 5.32 Å². The van der Waals surface area contributed by atoms with Crippen LogP contribution in [0.25, 0.3) is 17.0 Å². The molecule has 41 heavy (non-hydrogen) atoms. The second kappa shape index (κ2) is 10.7. The Kier molecular flexibility index (Phi) is 7.53. The number of rotatable bonds is 7. The van der Waals surface area contributed by atoms with E-state index in [9.17, 15) is 35.9 Å². The monoisotopic (exact) mass is 594 g/mol. The molecule has 2 aliphatic heterocycles. The predicted molar refractivity (Wildman–Crippen MR) is 143 cm³/mol. The summed E-state index contributed by atoms with van der Waals surface area (Å²) >= 11 is 0. The average molecular weight is 595 g/mol. The quantitative estimate of drug-likeness (QED) is 0.363. The number of aromatic nitrogens is 1. The molecule has 1 saturated heterocycles. The van der Waals surface area contributed by atoms with Gasteiger partial charge in [0.25, 0.3) is 5.91 Å². The molecule has 1 aromatic heterocycles. The third kappa shape index (κ3) is 5.64. The van der Waals surface area contributed by atoms with Crippen LogP contribution in [0.1, 0.15) is 29.5 Å². The molecule has 0 aliphatic carbocycles. The third-order valence-electron chi connectivity index (χ3n) is 7.32. The average Bonchev–Trinajstić information content (AvgIpc) is 3.48. The van der Waals surface area contributed by atoms with Gasteiger partial charge in [0.2, 0.25) is 10.0 Å². The summed E-state index contributed by atoms with van der Waals surface area (Å²) in [5, 5.41) is 23.2. The van der Waals surface area contributed by atoms with Gasteiger partial charge in [-0.1, -0.05) is 12.1 Å². The number of sulfonamides is 1. The molecule has 1 fully saturated rings. The van der Waals surface area contributed by atoms with Crippen LogP contribution in [0.2, 0.25) is 0 Å². The smallest absolute Gasteiger partial charge is 0.394 e. The van der Waals surface area contributed by atoms with Crippen molar-refractivity contribution in [2.75, 3.05) is 19.7 Å². The summed E-state index contributed by atoms with van der Waals surface area (Å²) in [6.45, 7) is -0.320. The Balaban J connectivity index is 1.31. The van der Waals surface area contributed by atoms with Crippen LogP contribution in [0, 0.1) is 5.82 Å². The van der Waals surface area contributed by atoms with Gasteiger partial charge in [-0.15, -0.1) is 0 Å². The number of aliphatic imine (C=N–C) groups is 1. The number of alkyl halides is 3. The summed E-state index contributed by atoms with van der Waals surface area (Å²) in [7, 11) is -3.90. The van der Waals surface area contributed by atoms with Gasteiger partial charge in [-0.25, -0.2) is 12.8 Å². The number of hydrogen-bond donors (Lipinski definition) is 3. The number of nitrogens with zero attached hydrogens (tertiary/aromatic N) is 3. The van der Waals surface area contributed by atoms with E-state index in [0.717, 1.165) is 22.4 Å². The molecule has 3 N–H and O–H groups in total. The molecule has 0 saturated carbocycles. The van der Waals surface area contributed by atoms with Crippen molar-refractivity contribution in [3.63, 3.8) is 0 Å². The number of aliphatic hydroxyl groups is 2. The number of fused-ring (bicyclic) bond motifs is 1. The van der Waals surface area contributed by atoms with Gasteiger partial charge in [-0.2, -0.15) is 17.5 Å². The van der Waals surface area contributed by atoms with Crippen LogP contribution >= 0.6 is 0 Å². The SMILES string of the molecule is O=C1NC(c2ccc(F)c(C(F)(F)F)c2)=NC12CCN(S(=O)(=O)/C=C/c1cccc3c1ccn3C[C@H](O)CO)CC2. The van der Waals surface area contributed by atoms with E-state index in [2.05, 4.69) is 10.3 Å². The Bertz CT molecular complexity index is 1660. The van der Waals surface area contributed by atoms with Crippen LogP contribution in [0.15, 0.2) is 59.1 Å². The van der Waals surface area contributed by atoms with E-state index in [4.69, 9.17) is 5.11 Å². The number of aliphatic hydroxyl groups excluding tert-OH is 2. The molecule has 0 unspecified atom stereocenters. The van der Waals surface area contributed by atoms with Crippen LogP contribution in [0.4, 0.5) is 17.6 Å². The molecule has 3 heterocycles. The zero-order valence-electron chi connectivity index (χ0n) is 21.5.